The third-order valence-electron chi connectivity index (χ3n) is 4.43. The predicted octanol–water partition coefficient (Wildman–Crippen LogP) is 3.73. The Morgan fingerprint density at radius 1 is 0.966 bits per heavy atom. The van der Waals surface area contributed by atoms with Crippen LogP contribution in [0.15, 0.2) is 77.7 Å². The number of ether oxygens (including phenoxy) is 1. The molecular formula is C22H22N2O4S. The molecule has 0 aliphatic carbocycles. The lowest BCUT2D eigenvalue weighted by Crippen LogP contribution is -2.23. The van der Waals surface area contributed by atoms with E-state index in [4.69, 9.17) is 4.74 Å². The Labute approximate surface area is 170 Å². The van der Waals surface area contributed by atoms with Gasteiger partial charge in [0.05, 0.1) is 17.7 Å². The Bertz CT molecular complexity index is 1110. The van der Waals surface area contributed by atoms with Crippen molar-refractivity contribution in [3.05, 3.63) is 89.5 Å². The van der Waals surface area contributed by atoms with Crippen molar-refractivity contribution in [3.63, 3.8) is 0 Å². The summed E-state index contributed by atoms with van der Waals surface area (Å²) in [5, 5.41) is 2.75. The van der Waals surface area contributed by atoms with E-state index in [1.807, 2.05) is 49.4 Å². The van der Waals surface area contributed by atoms with E-state index in [0.29, 0.717) is 11.3 Å². The number of carbonyl (C=O) groups excluding carboxylic acids is 1. The van der Waals surface area contributed by atoms with Crippen molar-refractivity contribution in [3.8, 4) is 5.75 Å². The van der Waals surface area contributed by atoms with Crippen LogP contribution in [0.5, 0.6) is 5.75 Å². The largest absolute Gasteiger partial charge is 0.495 e. The maximum atomic E-state index is 12.7. The molecule has 0 spiro atoms. The molecule has 29 heavy (non-hydrogen) atoms. The molecule has 0 aliphatic heterocycles. The molecule has 3 aromatic carbocycles. The average Bonchev–Trinajstić information content (AvgIpc) is 2.73. The molecule has 150 valence electrons. The van der Waals surface area contributed by atoms with Gasteiger partial charge in [-0.1, -0.05) is 48.5 Å². The van der Waals surface area contributed by atoms with Gasteiger partial charge >= 0.3 is 0 Å². The molecule has 0 radical (unpaired) electrons. The number of hydrogen-bond acceptors (Lipinski definition) is 4. The molecule has 2 N–H and O–H groups in total. The second kappa shape index (κ2) is 8.89. The molecule has 6 nitrogen and oxygen atoms in total. The number of amides is 1. The Morgan fingerprint density at radius 2 is 1.66 bits per heavy atom. The molecule has 0 fully saturated rings. The number of methoxy groups -OCH3 is 1. The lowest BCUT2D eigenvalue weighted by molar-refractivity contribution is 0.102. The summed E-state index contributed by atoms with van der Waals surface area (Å²) in [6, 6.07) is 20.7. The van der Waals surface area contributed by atoms with Crippen LogP contribution in [0.3, 0.4) is 0 Å². The van der Waals surface area contributed by atoms with Crippen LogP contribution in [0.2, 0.25) is 0 Å². The van der Waals surface area contributed by atoms with E-state index in [1.165, 1.54) is 25.3 Å². The molecule has 0 aromatic heterocycles. The van der Waals surface area contributed by atoms with E-state index < -0.39 is 10.0 Å². The van der Waals surface area contributed by atoms with Crippen LogP contribution in [-0.4, -0.2) is 21.4 Å². The van der Waals surface area contributed by atoms with Crippen LogP contribution < -0.4 is 14.8 Å². The van der Waals surface area contributed by atoms with Gasteiger partial charge in [0, 0.05) is 12.1 Å². The van der Waals surface area contributed by atoms with Crippen LogP contribution >= 0.6 is 0 Å². The molecule has 3 rings (SSSR count). The van der Waals surface area contributed by atoms with Crippen LogP contribution in [0.4, 0.5) is 5.69 Å². The molecule has 0 aliphatic rings. The van der Waals surface area contributed by atoms with E-state index in [1.54, 1.807) is 12.1 Å². The quantitative estimate of drug-likeness (QED) is 0.622. The average molecular weight is 410 g/mol. The van der Waals surface area contributed by atoms with Gasteiger partial charge in [-0.25, -0.2) is 13.1 Å². The summed E-state index contributed by atoms with van der Waals surface area (Å²) in [6.45, 7) is 2.00. The highest BCUT2D eigenvalue weighted by atomic mass is 32.2. The van der Waals surface area contributed by atoms with Gasteiger partial charge < -0.3 is 10.1 Å². The number of anilines is 1. The highest BCUT2D eigenvalue weighted by molar-refractivity contribution is 7.89. The molecule has 0 bridgehead atoms. The summed E-state index contributed by atoms with van der Waals surface area (Å²) in [5.41, 5.74) is 2.45. The SMILES string of the molecule is COc1ccc(S(=O)(=O)NCc2ccccc2)cc1NC(=O)c1ccccc1C. The third-order valence-corrected chi connectivity index (χ3v) is 5.83. The normalized spacial score (nSPS) is 11.1. The van der Waals surface area contributed by atoms with Crippen molar-refractivity contribution in [2.24, 2.45) is 0 Å². The zero-order valence-electron chi connectivity index (χ0n) is 16.2. The fourth-order valence-corrected chi connectivity index (χ4v) is 3.87. The molecule has 0 atom stereocenters. The highest BCUT2D eigenvalue weighted by Gasteiger charge is 2.18. The van der Waals surface area contributed by atoms with Crippen molar-refractivity contribution >= 4 is 21.6 Å². The number of sulfonamides is 1. The van der Waals surface area contributed by atoms with Crippen LogP contribution in [0.1, 0.15) is 21.5 Å². The lowest BCUT2D eigenvalue weighted by Gasteiger charge is -2.14. The molecule has 7 heteroatoms. The van der Waals surface area contributed by atoms with E-state index >= 15 is 0 Å². The number of benzene rings is 3. The molecule has 0 heterocycles. The summed E-state index contributed by atoms with van der Waals surface area (Å²) in [6.07, 6.45) is 0. The second-order valence-corrected chi connectivity index (χ2v) is 8.21. The van der Waals surface area contributed by atoms with Gasteiger partial charge in [-0.15, -0.1) is 0 Å². The van der Waals surface area contributed by atoms with Crippen molar-refractivity contribution < 1.29 is 17.9 Å². The van der Waals surface area contributed by atoms with Crippen molar-refractivity contribution in [2.75, 3.05) is 12.4 Å². The molecule has 1 amide bonds. The smallest absolute Gasteiger partial charge is 0.256 e. The Hall–Kier alpha value is -3.16. The van der Waals surface area contributed by atoms with Gasteiger partial charge in [-0.2, -0.15) is 0 Å². The van der Waals surface area contributed by atoms with Gasteiger partial charge in [0.15, 0.2) is 0 Å². The van der Waals surface area contributed by atoms with E-state index in [0.717, 1.165) is 11.1 Å². The minimum atomic E-state index is -3.77. The summed E-state index contributed by atoms with van der Waals surface area (Å²) in [7, 11) is -2.31. The summed E-state index contributed by atoms with van der Waals surface area (Å²) in [4.78, 5) is 12.7. The van der Waals surface area contributed by atoms with Crippen LogP contribution in [0.25, 0.3) is 0 Å². The van der Waals surface area contributed by atoms with Crippen molar-refractivity contribution in [2.45, 2.75) is 18.4 Å². The van der Waals surface area contributed by atoms with Crippen molar-refractivity contribution in [1.82, 2.24) is 4.72 Å². The first kappa shape index (κ1) is 20.6. The van der Waals surface area contributed by atoms with Crippen LogP contribution in [-0.2, 0) is 16.6 Å². The summed E-state index contributed by atoms with van der Waals surface area (Å²) >= 11 is 0. The van der Waals surface area contributed by atoms with Gasteiger partial charge in [0.25, 0.3) is 5.91 Å². The molecule has 3 aromatic rings. The molecule has 0 saturated heterocycles. The molecular weight excluding hydrogens is 388 g/mol. The Balaban J connectivity index is 1.84. The fourth-order valence-electron chi connectivity index (χ4n) is 2.83. The third kappa shape index (κ3) is 5.01. The first-order valence-corrected chi connectivity index (χ1v) is 10.5. The predicted molar refractivity (Wildman–Crippen MR) is 113 cm³/mol. The highest BCUT2D eigenvalue weighted by Crippen LogP contribution is 2.28. The zero-order chi connectivity index (χ0) is 20.9. The van der Waals surface area contributed by atoms with E-state index in [9.17, 15) is 13.2 Å². The molecule has 0 saturated carbocycles. The first-order valence-electron chi connectivity index (χ1n) is 8.99. The van der Waals surface area contributed by atoms with Crippen LogP contribution in [0, 0.1) is 6.92 Å². The number of hydrogen-bond donors (Lipinski definition) is 2. The van der Waals surface area contributed by atoms with Gasteiger partial charge in [0.1, 0.15) is 5.75 Å². The standard InChI is InChI=1S/C22H22N2O4S/c1-16-8-6-7-11-19(16)22(25)24-20-14-18(12-13-21(20)28-2)29(26,27)23-15-17-9-4-3-5-10-17/h3-14,23H,15H2,1-2H3,(H,24,25). The number of aryl methyl sites for hydroxylation is 1. The van der Waals surface area contributed by atoms with Gasteiger partial charge in [-0.05, 0) is 42.3 Å². The fraction of sp³-hybridized carbons (Fsp3) is 0.136. The summed E-state index contributed by atoms with van der Waals surface area (Å²) in [5.74, 6) is 0.0298. The number of nitrogens with one attached hydrogen (secondary N) is 2. The number of rotatable bonds is 7. The minimum absolute atomic E-state index is 0.0364. The Kier molecular flexibility index (Phi) is 6.31. The summed E-state index contributed by atoms with van der Waals surface area (Å²) < 4.78 is 33.3. The monoisotopic (exact) mass is 410 g/mol. The van der Waals surface area contributed by atoms with Crippen molar-refractivity contribution in [1.29, 1.82) is 0 Å². The Morgan fingerprint density at radius 3 is 2.34 bits per heavy atom. The van der Waals surface area contributed by atoms with E-state index in [-0.39, 0.29) is 23.0 Å². The lowest BCUT2D eigenvalue weighted by atomic mass is 10.1. The van der Waals surface area contributed by atoms with E-state index in [2.05, 4.69) is 10.0 Å². The maximum Gasteiger partial charge on any atom is 0.256 e. The number of carbonyl (C=O) groups is 1. The zero-order valence-corrected chi connectivity index (χ0v) is 17.0. The topological polar surface area (TPSA) is 84.5 Å². The maximum absolute atomic E-state index is 12.7. The van der Waals surface area contributed by atoms with Gasteiger partial charge in [-0.3, -0.25) is 4.79 Å². The first-order chi connectivity index (χ1) is 13.9. The second-order valence-electron chi connectivity index (χ2n) is 6.44. The minimum Gasteiger partial charge on any atom is -0.495 e. The van der Waals surface area contributed by atoms with Gasteiger partial charge in [0.2, 0.25) is 10.0 Å². The molecule has 0 unspecified atom stereocenters.